The lowest BCUT2D eigenvalue weighted by molar-refractivity contribution is 1.08. The van der Waals surface area contributed by atoms with Crippen molar-refractivity contribution < 1.29 is 0 Å². The number of rotatable bonds is 3. The third-order valence-electron chi connectivity index (χ3n) is 2.97. The first-order valence-corrected chi connectivity index (χ1v) is 6.76. The van der Waals surface area contributed by atoms with Crippen molar-refractivity contribution in [3.63, 3.8) is 0 Å². The summed E-state index contributed by atoms with van der Waals surface area (Å²) in [7, 11) is 0. The van der Waals surface area contributed by atoms with E-state index in [-0.39, 0.29) is 0 Å². The number of nitrogens with zero attached hydrogens (tertiary/aromatic N) is 2. The molecule has 0 fully saturated rings. The molecule has 0 atom stereocenters. The van der Waals surface area contributed by atoms with Crippen LogP contribution in [0.15, 0.2) is 34.8 Å². The van der Waals surface area contributed by atoms with Gasteiger partial charge in [-0.2, -0.15) is 5.26 Å². The van der Waals surface area contributed by atoms with Crippen molar-refractivity contribution in [2.75, 3.05) is 5.32 Å². The van der Waals surface area contributed by atoms with Gasteiger partial charge < -0.3 is 5.32 Å². The average molecular weight is 316 g/mol. The number of aromatic nitrogens is 1. The van der Waals surface area contributed by atoms with Crippen molar-refractivity contribution in [3.05, 3.63) is 57.2 Å². The van der Waals surface area contributed by atoms with Gasteiger partial charge in [0.2, 0.25) is 0 Å². The van der Waals surface area contributed by atoms with Gasteiger partial charge in [0.25, 0.3) is 0 Å². The van der Waals surface area contributed by atoms with Gasteiger partial charge in [-0.25, -0.2) is 4.98 Å². The van der Waals surface area contributed by atoms with E-state index < -0.39 is 0 Å². The van der Waals surface area contributed by atoms with E-state index in [0.29, 0.717) is 12.2 Å². The van der Waals surface area contributed by atoms with Gasteiger partial charge in [-0.15, -0.1) is 0 Å². The number of hydrogen-bond donors (Lipinski definition) is 1. The van der Waals surface area contributed by atoms with Crippen LogP contribution in [0, 0.1) is 25.2 Å². The van der Waals surface area contributed by atoms with Gasteiger partial charge in [0.15, 0.2) is 0 Å². The summed E-state index contributed by atoms with van der Waals surface area (Å²) < 4.78 is 1.08. The summed E-state index contributed by atoms with van der Waals surface area (Å²) in [6, 6.07) is 12.1. The molecule has 0 unspecified atom stereocenters. The van der Waals surface area contributed by atoms with Crippen LogP contribution in [0.4, 0.5) is 5.82 Å². The molecule has 0 radical (unpaired) electrons. The topological polar surface area (TPSA) is 48.7 Å². The molecular weight excluding hydrogens is 302 g/mol. The number of benzene rings is 1. The quantitative estimate of drug-likeness (QED) is 0.933. The number of anilines is 1. The smallest absolute Gasteiger partial charge is 0.145 e. The van der Waals surface area contributed by atoms with Crippen LogP contribution < -0.4 is 5.32 Å². The Balaban J connectivity index is 2.13. The zero-order valence-electron chi connectivity index (χ0n) is 10.9. The summed E-state index contributed by atoms with van der Waals surface area (Å²) in [5.74, 6) is 0.726. The summed E-state index contributed by atoms with van der Waals surface area (Å²) in [4.78, 5) is 4.27. The highest BCUT2D eigenvalue weighted by Crippen LogP contribution is 2.17. The van der Waals surface area contributed by atoms with Crippen LogP contribution in [-0.4, -0.2) is 4.98 Å². The molecule has 19 heavy (non-hydrogen) atoms. The van der Waals surface area contributed by atoms with E-state index in [0.717, 1.165) is 15.9 Å². The number of halogens is 1. The lowest BCUT2D eigenvalue weighted by atomic mass is 10.1. The van der Waals surface area contributed by atoms with Crippen LogP contribution >= 0.6 is 15.9 Å². The molecule has 0 saturated carbocycles. The Morgan fingerprint density at radius 2 is 2.00 bits per heavy atom. The van der Waals surface area contributed by atoms with Gasteiger partial charge in [-0.1, -0.05) is 28.1 Å². The molecule has 96 valence electrons. The Kier molecular flexibility index (Phi) is 4.18. The zero-order valence-corrected chi connectivity index (χ0v) is 12.5. The fourth-order valence-electron chi connectivity index (χ4n) is 1.78. The minimum atomic E-state index is 0.470. The Morgan fingerprint density at radius 3 is 2.68 bits per heavy atom. The van der Waals surface area contributed by atoms with E-state index in [1.807, 2.05) is 25.1 Å². The van der Waals surface area contributed by atoms with Crippen molar-refractivity contribution in [2.24, 2.45) is 0 Å². The molecule has 1 aromatic heterocycles. The van der Waals surface area contributed by atoms with E-state index in [2.05, 4.69) is 51.4 Å². The predicted octanol–water partition coefficient (Wildman–Crippen LogP) is 3.94. The Hall–Kier alpha value is -1.86. The normalized spacial score (nSPS) is 10.0. The van der Waals surface area contributed by atoms with E-state index in [4.69, 9.17) is 5.26 Å². The molecule has 3 nitrogen and oxygen atoms in total. The fraction of sp³-hybridized carbons (Fsp3) is 0.200. The number of nitriles is 1. The lowest BCUT2D eigenvalue weighted by Crippen LogP contribution is -2.04. The average Bonchev–Trinajstić information content (AvgIpc) is 2.39. The van der Waals surface area contributed by atoms with Gasteiger partial charge >= 0.3 is 0 Å². The van der Waals surface area contributed by atoms with Gasteiger partial charge in [0.05, 0.1) is 0 Å². The maximum absolute atomic E-state index is 8.96. The molecule has 0 amide bonds. The van der Waals surface area contributed by atoms with Crippen molar-refractivity contribution in [3.8, 4) is 6.07 Å². The first-order valence-electron chi connectivity index (χ1n) is 5.97. The molecule has 2 aromatic rings. The van der Waals surface area contributed by atoms with E-state index in [9.17, 15) is 0 Å². The molecule has 1 N–H and O–H groups in total. The number of nitrogens with one attached hydrogen (secondary N) is 1. The first kappa shape index (κ1) is 13.6. The first-order chi connectivity index (χ1) is 9.10. The highest BCUT2D eigenvalue weighted by atomic mass is 79.9. The second-order valence-corrected chi connectivity index (χ2v) is 5.31. The summed E-state index contributed by atoms with van der Waals surface area (Å²) in [6.07, 6.45) is 0. The molecule has 1 aromatic carbocycles. The van der Waals surface area contributed by atoms with Gasteiger partial charge in [0.1, 0.15) is 17.6 Å². The molecule has 2 rings (SSSR count). The SMILES string of the molecule is Cc1cc(Br)ccc1CNc1ccc(C)c(C#N)n1. The number of aryl methyl sites for hydroxylation is 2. The van der Waals surface area contributed by atoms with Crippen molar-refractivity contribution in [1.82, 2.24) is 4.98 Å². The van der Waals surface area contributed by atoms with Crippen molar-refractivity contribution in [2.45, 2.75) is 20.4 Å². The van der Waals surface area contributed by atoms with Gasteiger partial charge in [-0.3, -0.25) is 0 Å². The van der Waals surface area contributed by atoms with E-state index in [1.165, 1.54) is 11.1 Å². The Bertz CT molecular complexity index is 644. The van der Waals surface area contributed by atoms with Crippen LogP contribution in [0.2, 0.25) is 0 Å². The third-order valence-corrected chi connectivity index (χ3v) is 3.46. The fourth-order valence-corrected chi connectivity index (χ4v) is 2.26. The van der Waals surface area contributed by atoms with E-state index in [1.54, 1.807) is 0 Å². The summed E-state index contributed by atoms with van der Waals surface area (Å²) >= 11 is 3.45. The molecule has 0 spiro atoms. The van der Waals surface area contributed by atoms with Gasteiger partial charge in [0, 0.05) is 11.0 Å². The lowest BCUT2D eigenvalue weighted by Gasteiger charge is -2.09. The molecule has 0 aliphatic carbocycles. The maximum Gasteiger partial charge on any atom is 0.145 e. The molecular formula is C15H14BrN3. The van der Waals surface area contributed by atoms with Crippen LogP contribution in [-0.2, 0) is 6.54 Å². The molecule has 4 heteroatoms. The van der Waals surface area contributed by atoms with Crippen molar-refractivity contribution >= 4 is 21.7 Å². The third kappa shape index (κ3) is 3.33. The summed E-state index contributed by atoms with van der Waals surface area (Å²) in [6.45, 7) is 4.65. The molecule has 0 bridgehead atoms. The van der Waals surface area contributed by atoms with Crippen LogP contribution in [0.3, 0.4) is 0 Å². The Morgan fingerprint density at radius 1 is 1.21 bits per heavy atom. The second kappa shape index (κ2) is 5.85. The minimum absolute atomic E-state index is 0.470. The standard InChI is InChI=1S/C15H14BrN3/c1-10-3-6-15(19-14(10)8-17)18-9-12-4-5-13(16)7-11(12)2/h3-7H,9H2,1-2H3,(H,18,19). The monoisotopic (exact) mass is 315 g/mol. The minimum Gasteiger partial charge on any atom is -0.366 e. The Labute approximate surface area is 121 Å². The van der Waals surface area contributed by atoms with Crippen LogP contribution in [0.5, 0.6) is 0 Å². The second-order valence-electron chi connectivity index (χ2n) is 4.40. The number of hydrogen-bond acceptors (Lipinski definition) is 3. The summed E-state index contributed by atoms with van der Waals surface area (Å²) in [5, 5.41) is 12.2. The maximum atomic E-state index is 8.96. The van der Waals surface area contributed by atoms with Crippen LogP contribution in [0.25, 0.3) is 0 Å². The zero-order chi connectivity index (χ0) is 13.8. The highest BCUT2D eigenvalue weighted by Gasteiger charge is 2.03. The van der Waals surface area contributed by atoms with E-state index >= 15 is 0 Å². The van der Waals surface area contributed by atoms with Crippen LogP contribution in [0.1, 0.15) is 22.4 Å². The molecule has 0 aliphatic rings. The predicted molar refractivity (Wildman–Crippen MR) is 79.9 cm³/mol. The highest BCUT2D eigenvalue weighted by molar-refractivity contribution is 9.10. The van der Waals surface area contributed by atoms with Gasteiger partial charge in [-0.05, 0) is 48.7 Å². The largest absolute Gasteiger partial charge is 0.366 e. The number of pyridine rings is 1. The molecule has 1 heterocycles. The van der Waals surface area contributed by atoms with Crippen molar-refractivity contribution in [1.29, 1.82) is 5.26 Å². The molecule has 0 aliphatic heterocycles. The summed E-state index contributed by atoms with van der Waals surface area (Å²) in [5.41, 5.74) is 3.80. The molecule has 0 saturated heterocycles.